The number of carbonyl (C=O) groups excluding carboxylic acids is 1. The molecule has 0 aliphatic heterocycles. The topological polar surface area (TPSA) is 51.2 Å². The molecular weight excluding hydrogens is 311 g/mol. The highest BCUT2D eigenvalue weighted by molar-refractivity contribution is 6.35. The van der Waals surface area contributed by atoms with Crippen molar-refractivity contribution in [2.45, 2.75) is 13.0 Å². The van der Waals surface area contributed by atoms with Crippen LogP contribution in [0, 0.1) is 0 Å². The molecule has 0 radical (unpaired) electrons. The Morgan fingerprint density at radius 1 is 1.33 bits per heavy atom. The summed E-state index contributed by atoms with van der Waals surface area (Å²) in [6.07, 6.45) is 1.82. The number of hydrogen-bond donors (Lipinski definition) is 1. The van der Waals surface area contributed by atoms with E-state index in [0.717, 1.165) is 5.69 Å². The fourth-order valence-electron chi connectivity index (χ4n) is 1.90. The molecule has 0 saturated heterocycles. The summed E-state index contributed by atoms with van der Waals surface area (Å²) < 4.78 is 5.21. The van der Waals surface area contributed by atoms with E-state index in [0.29, 0.717) is 27.9 Å². The number of nitrogens with one attached hydrogen (secondary N) is 1. The summed E-state index contributed by atoms with van der Waals surface area (Å²) >= 11 is 12.0. The van der Waals surface area contributed by atoms with E-state index in [9.17, 15) is 4.79 Å². The lowest BCUT2D eigenvalue weighted by molar-refractivity contribution is -0.120. The van der Waals surface area contributed by atoms with Crippen LogP contribution >= 0.6 is 23.2 Å². The molecule has 2 rings (SSSR count). The van der Waals surface area contributed by atoms with E-state index in [1.54, 1.807) is 18.3 Å². The van der Waals surface area contributed by atoms with Crippen molar-refractivity contribution in [3.63, 3.8) is 0 Å². The Morgan fingerprint density at radius 2 is 2.14 bits per heavy atom. The van der Waals surface area contributed by atoms with Crippen LogP contribution in [0.2, 0.25) is 10.0 Å². The molecule has 6 heteroatoms. The Kier molecular flexibility index (Phi) is 5.42. The van der Waals surface area contributed by atoms with Gasteiger partial charge < -0.3 is 10.1 Å². The van der Waals surface area contributed by atoms with E-state index in [4.69, 9.17) is 27.9 Å². The fraction of sp³-hybridized carbons (Fsp3) is 0.200. The number of carbonyl (C=O) groups is 1. The van der Waals surface area contributed by atoms with Crippen molar-refractivity contribution in [1.82, 2.24) is 10.3 Å². The van der Waals surface area contributed by atoms with Crippen molar-refractivity contribution in [3.05, 3.63) is 57.8 Å². The Hall–Kier alpha value is -1.78. The Balaban J connectivity index is 2.03. The van der Waals surface area contributed by atoms with Gasteiger partial charge in [-0.05, 0) is 24.3 Å². The predicted molar refractivity (Wildman–Crippen MR) is 82.8 cm³/mol. The standard InChI is InChI=1S/C15H14Cl2N2O2/c1-21-15-10(6-11(16)8-13(15)17)7-14(20)19-9-12-4-2-3-5-18-12/h2-6,8H,7,9H2,1H3,(H,19,20). The number of nitrogens with zero attached hydrogens (tertiary/aromatic N) is 1. The van der Waals surface area contributed by atoms with Crippen LogP contribution < -0.4 is 10.1 Å². The Morgan fingerprint density at radius 3 is 2.81 bits per heavy atom. The van der Waals surface area contributed by atoms with E-state index in [2.05, 4.69) is 10.3 Å². The average Bonchev–Trinajstić information content (AvgIpc) is 2.46. The molecule has 0 aliphatic carbocycles. The zero-order chi connectivity index (χ0) is 15.2. The summed E-state index contributed by atoms with van der Waals surface area (Å²) in [5.41, 5.74) is 1.44. The largest absolute Gasteiger partial charge is 0.495 e. The third-order valence-corrected chi connectivity index (χ3v) is 3.33. The molecular formula is C15H14Cl2N2O2. The lowest BCUT2D eigenvalue weighted by Gasteiger charge is -2.11. The van der Waals surface area contributed by atoms with Crippen molar-refractivity contribution in [3.8, 4) is 5.75 Å². The molecule has 0 atom stereocenters. The van der Waals surface area contributed by atoms with E-state index in [1.807, 2.05) is 18.2 Å². The Bertz CT molecular complexity index is 633. The summed E-state index contributed by atoms with van der Waals surface area (Å²) in [5.74, 6) is 0.311. The van der Waals surface area contributed by atoms with Gasteiger partial charge in [-0.25, -0.2) is 0 Å². The van der Waals surface area contributed by atoms with Crippen LogP contribution in [0.25, 0.3) is 0 Å². The highest BCUT2D eigenvalue weighted by atomic mass is 35.5. The highest BCUT2D eigenvalue weighted by Crippen LogP contribution is 2.32. The molecule has 2 aromatic rings. The number of methoxy groups -OCH3 is 1. The smallest absolute Gasteiger partial charge is 0.224 e. The maximum absolute atomic E-state index is 12.0. The van der Waals surface area contributed by atoms with E-state index >= 15 is 0 Å². The van der Waals surface area contributed by atoms with Crippen molar-refractivity contribution in [2.75, 3.05) is 7.11 Å². The molecule has 0 saturated carbocycles. The second-order valence-corrected chi connectivity index (χ2v) is 5.20. The summed E-state index contributed by atoms with van der Waals surface area (Å²) in [6, 6.07) is 8.79. The second-order valence-electron chi connectivity index (χ2n) is 4.35. The van der Waals surface area contributed by atoms with E-state index in [-0.39, 0.29) is 12.3 Å². The van der Waals surface area contributed by atoms with Gasteiger partial charge in [-0.1, -0.05) is 29.3 Å². The molecule has 1 aromatic heterocycles. The minimum absolute atomic E-state index is 0.135. The van der Waals surface area contributed by atoms with Crippen LogP contribution in [-0.4, -0.2) is 18.0 Å². The van der Waals surface area contributed by atoms with Crippen LogP contribution in [0.15, 0.2) is 36.5 Å². The van der Waals surface area contributed by atoms with Gasteiger partial charge in [0.1, 0.15) is 5.75 Å². The van der Waals surface area contributed by atoms with Gasteiger partial charge in [0.25, 0.3) is 0 Å². The normalized spacial score (nSPS) is 10.2. The Labute approximate surface area is 133 Å². The maximum Gasteiger partial charge on any atom is 0.224 e. The summed E-state index contributed by atoms with van der Waals surface area (Å²) in [7, 11) is 1.50. The molecule has 1 aromatic carbocycles. The fourth-order valence-corrected chi connectivity index (χ4v) is 2.51. The molecule has 110 valence electrons. The number of pyridine rings is 1. The molecule has 0 fully saturated rings. The van der Waals surface area contributed by atoms with Crippen molar-refractivity contribution in [1.29, 1.82) is 0 Å². The molecule has 21 heavy (non-hydrogen) atoms. The summed E-state index contributed by atoms with van der Waals surface area (Å²) in [5, 5.41) is 3.65. The molecule has 0 unspecified atom stereocenters. The first-order valence-electron chi connectivity index (χ1n) is 6.28. The third kappa shape index (κ3) is 4.34. The SMILES string of the molecule is COc1c(Cl)cc(Cl)cc1CC(=O)NCc1ccccn1. The molecule has 1 heterocycles. The van der Waals surface area contributed by atoms with Crippen molar-refractivity contribution < 1.29 is 9.53 Å². The number of hydrogen-bond acceptors (Lipinski definition) is 3. The number of aromatic nitrogens is 1. The molecule has 1 N–H and O–H groups in total. The zero-order valence-electron chi connectivity index (χ0n) is 11.4. The van der Waals surface area contributed by atoms with Crippen molar-refractivity contribution in [2.24, 2.45) is 0 Å². The highest BCUT2D eigenvalue weighted by Gasteiger charge is 2.13. The van der Waals surface area contributed by atoms with Gasteiger partial charge in [0, 0.05) is 16.8 Å². The van der Waals surface area contributed by atoms with E-state index in [1.165, 1.54) is 7.11 Å². The first-order chi connectivity index (χ1) is 10.1. The molecule has 4 nitrogen and oxygen atoms in total. The first kappa shape index (κ1) is 15.6. The van der Waals surface area contributed by atoms with Gasteiger partial charge >= 0.3 is 0 Å². The second kappa shape index (κ2) is 7.29. The number of halogens is 2. The minimum Gasteiger partial charge on any atom is -0.495 e. The number of benzene rings is 1. The van der Waals surface area contributed by atoms with Gasteiger partial charge in [0.05, 0.1) is 30.8 Å². The lowest BCUT2D eigenvalue weighted by atomic mass is 10.1. The molecule has 1 amide bonds. The number of ether oxygens (including phenoxy) is 1. The van der Waals surface area contributed by atoms with Gasteiger partial charge in [-0.3, -0.25) is 9.78 Å². The number of amides is 1. The first-order valence-corrected chi connectivity index (χ1v) is 7.04. The molecule has 0 aliphatic rings. The van der Waals surface area contributed by atoms with Gasteiger partial charge in [0.2, 0.25) is 5.91 Å². The van der Waals surface area contributed by atoms with Crippen LogP contribution in [0.1, 0.15) is 11.3 Å². The monoisotopic (exact) mass is 324 g/mol. The zero-order valence-corrected chi connectivity index (χ0v) is 12.9. The minimum atomic E-state index is -0.155. The van der Waals surface area contributed by atoms with Gasteiger partial charge in [-0.2, -0.15) is 0 Å². The summed E-state index contributed by atoms with van der Waals surface area (Å²) in [4.78, 5) is 16.1. The summed E-state index contributed by atoms with van der Waals surface area (Å²) in [6.45, 7) is 0.371. The van der Waals surface area contributed by atoms with Crippen molar-refractivity contribution >= 4 is 29.1 Å². The average molecular weight is 325 g/mol. The molecule has 0 spiro atoms. The van der Waals surface area contributed by atoms with Crippen LogP contribution in [0.3, 0.4) is 0 Å². The van der Waals surface area contributed by atoms with Crippen LogP contribution in [0.5, 0.6) is 5.75 Å². The van der Waals surface area contributed by atoms with Crippen LogP contribution in [0.4, 0.5) is 0 Å². The number of rotatable bonds is 5. The quantitative estimate of drug-likeness (QED) is 0.918. The molecule has 0 bridgehead atoms. The van der Waals surface area contributed by atoms with Crippen LogP contribution in [-0.2, 0) is 17.8 Å². The van der Waals surface area contributed by atoms with Gasteiger partial charge in [0.15, 0.2) is 0 Å². The lowest BCUT2D eigenvalue weighted by Crippen LogP contribution is -2.25. The predicted octanol–water partition coefficient (Wildman–Crippen LogP) is 3.26. The third-order valence-electron chi connectivity index (χ3n) is 2.83. The maximum atomic E-state index is 12.0. The van der Waals surface area contributed by atoms with Gasteiger partial charge in [-0.15, -0.1) is 0 Å². The van der Waals surface area contributed by atoms with E-state index < -0.39 is 0 Å².